The van der Waals surface area contributed by atoms with Gasteiger partial charge >= 0.3 is 24.0 Å². The number of H-pyrrole nitrogens is 1. The first-order chi connectivity index (χ1) is 44.6. The van der Waals surface area contributed by atoms with Gasteiger partial charge in [-0.2, -0.15) is 4.98 Å². The fourth-order valence-electron chi connectivity index (χ4n) is 11.4. The predicted molar refractivity (Wildman–Crippen MR) is 324 cm³/mol. The maximum Gasteiger partial charge on any atom is 0.404 e. The van der Waals surface area contributed by atoms with Crippen LogP contribution in [0, 0.1) is 5.92 Å². The van der Waals surface area contributed by atoms with Crippen molar-refractivity contribution in [2.45, 2.75) is 112 Å². The molecular formula is C56H67N17O20S. The zero-order valence-corrected chi connectivity index (χ0v) is 51.2. The number of carbonyl (C=O) groups is 11. The summed E-state index contributed by atoms with van der Waals surface area (Å²) in [6, 6.07) is -1.35. The Labute approximate surface area is 535 Å². The van der Waals surface area contributed by atoms with E-state index < -0.39 is 162 Å². The van der Waals surface area contributed by atoms with E-state index in [1.54, 1.807) is 4.90 Å². The van der Waals surface area contributed by atoms with Crippen LogP contribution in [-0.2, 0) is 70.5 Å². The van der Waals surface area contributed by atoms with Crippen molar-refractivity contribution in [3.8, 4) is 11.8 Å². The zero-order valence-electron chi connectivity index (χ0n) is 50.4. The van der Waals surface area contributed by atoms with Crippen molar-refractivity contribution < 1.29 is 92.5 Å². The molecule has 0 unspecified atom stereocenters. The van der Waals surface area contributed by atoms with E-state index in [-0.39, 0.29) is 108 Å². The van der Waals surface area contributed by atoms with Crippen LogP contribution in [0.3, 0.4) is 0 Å². The number of aromatic nitrogens is 5. The number of hydrogen-bond donors (Lipinski definition) is 15. The SMILES string of the molecule is COC1=C(C)C(=O)C2=C(C1=O)[C@H](COC(N)=O)[C@]1(OC)[C@H]3[C@@H](CN21)N3C(=O)CCCn1c(O)cc(SC[C@@H](NC(=O)[C@@H](CC(=O)O)NC(=O)[C@@H](CCCN=C(N)N)NC(=O)CC[C@@H](NC(=O)c2ccc(NCc3cnc4nc(N)[nH]c(=O)c4n3)cc2)C(=O)O)C(=O)O)c1O. The van der Waals surface area contributed by atoms with Crippen molar-refractivity contribution in [3.63, 3.8) is 0 Å². The number of fused-ring (bicyclic) bond motifs is 5. The Bertz CT molecular complexity index is 3890. The van der Waals surface area contributed by atoms with E-state index in [0.29, 0.717) is 23.1 Å². The van der Waals surface area contributed by atoms with Gasteiger partial charge < -0.3 is 99.1 Å². The molecule has 37 nitrogen and oxygen atoms in total. The number of nitrogens with one attached hydrogen (secondary N) is 6. The molecule has 4 aromatic rings. The van der Waals surface area contributed by atoms with Gasteiger partial charge in [0.1, 0.15) is 36.8 Å². The van der Waals surface area contributed by atoms with Crippen molar-refractivity contribution >= 4 is 106 Å². The molecule has 94 heavy (non-hydrogen) atoms. The maximum atomic E-state index is 13.9. The number of carboxylic acids is 3. The highest BCUT2D eigenvalue weighted by molar-refractivity contribution is 7.99. The van der Waals surface area contributed by atoms with Gasteiger partial charge in [-0.3, -0.25) is 57.7 Å². The minimum absolute atomic E-state index is 0.0115. The molecule has 0 saturated carbocycles. The Morgan fingerprint density at radius 2 is 1.55 bits per heavy atom. The summed E-state index contributed by atoms with van der Waals surface area (Å²) >= 11 is 0.651. The van der Waals surface area contributed by atoms with Crippen LogP contribution in [0.4, 0.5) is 16.4 Å². The van der Waals surface area contributed by atoms with Crippen LogP contribution in [0.1, 0.15) is 67.9 Å². The van der Waals surface area contributed by atoms with Gasteiger partial charge in [-0.1, -0.05) is 0 Å². The lowest BCUT2D eigenvalue weighted by Crippen LogP contribution is -2.56. The Hall–Kier alpha value is -11.1. The number of aromatic hydroxyl groups is 2. The Morgan fingerprint density at radius 3 is 2.20 bits per heavy atom. The van der Waals surface area contributed by atoms with Gasteiger partial charge in [0.15, 0.2) is 34.5 Å². The van der Waals surface area contributed by atoms with Crippen molar-refractivity contribution in [2.24, 2.45) is 28.1 Å². The van der Waals surface area contributed by atoms with Crippen molar-refractivity contribution in [1.29, 1.82) is 0 Å². The quantitative estimate of drug-likeness (QED) is 0.00579. The number of ketones is 2. The zero-order chi connectivity index (χ0) is 68.6. The molecule has 1 aliphatic carbocycles. The molecule has 0 spiro atoms. The molecule has 3 aliphatic heterocycles. The van der Waals surface area contributed by atoms with E-state index in [2.05, 4.69) is 51.5 Å². The number of hydrogen-bond acceptors (Lipinski definition) is 25. The van der Waals surface area contributed by atoms with Crippen LogP contribution in [0.15, 0.2) is 73.8 Å². The molecule has 6 amide bonds. The Kier molecular flexibility index (Phi) is 21.3. The highest BCUT2D eigenvalue weighted by atomic mass is 32.2. The number of guanidine groups is 1. The second-order valence-electron chi connectivity index (χ2n) is 21.8. The smallest absolute Gasteiger partial charge is 0.404 e. The number of nitrogens with two attached hydrogens (primary N) is 4. The van der Waals surface area contributed by atoms with E-state index in [4.69, 9.17) is 37.1 Å². The van der Waals surface area contributed by atoms with E-state index in [9.17, 15) is 83.1 Å². The third-order valence-corrected chi connectivity index (χ3v) is 17.0. The molecule has 6 heterocycles. The number of piperazine rings is 1. The summed E-state index contributed by atoms with van der Waals surface area (Å²) in [4.78, 5) is 178. The summed E-state index contributed by atoms with van der Waals surface area (Å²) in [5.41, 5.74) is 20.6. The number of amides is 6. The van der Waals surface area contributed by atoms with E-state index >= 15 is 0 Å². The standard InChI is InChI=1S/C56H67N17O20S/c1-23-41(79)40-38(42(80)43(23)91-2)27(21-93-55(60)90)56(92-3)44-32(20-72(40)56)73(44)35(75)7-5-15-71-36(76)17-33(50(71)85)94-22-31(52(88)89)68-48(83)30(16-37(77)78)67-47(82)28(6-4-14-61-53(57)58)65-34(74)13-12-29(51(86)87)66-46(81)24-8-10-25(11-9-24)62-18-26-19-63-45-39(64-26)49(84)70-54(59)69-45/h8-11,17,19,27-32,44,62,76,85H,4-7,12-16,18,20-22H2,1-3H3,(H2,60,90)(H,65,74)(H,66,81)(H,67,82)(H,68,83)(H,77,78)(H,86,87)(H,88,89)(H4,57,58,61)(H3,59,63,69,70,84)/t27-,28+,29+,30+,31+,32+,44+,56-,73?/m0/s1. The fraction of sp³-hybridized carbons (Fsp3) is 0.429. The number of rotatable bonds is 32. The minimum atomic E-state index is -1.97. The number of carbonyl (C=O) groups excluding carboxylic acids is 8. The van der Waals surface area contributed by atoms with Crippen LogP contribution in [0.5, 0.6) is 11.8 Å². The van der Waals surface area contributed by atoms with Gasteiger partial charge in [-0.25, -0.2) is 24.4 Å². The van der Waals surface area contributed by atoms with Gasteiger partial charge in [0.2, 0.25) is 47.0 Å². The molecule has 1 aromatic carbocycles. The molecule has 19 N–H and O–H groups in total. The van der Waals surface area contributed by atoms with Crippen molar-refractivity contribution in [2.75, 3.05) is 50.7 Å². The molecule has 0 bridgehead atoms. The minimum Gasteiger partial charge on any atom is -0.494 e. The first-order valence-electron chi connectivity index (χ1n) is 28.8. The van der Waals surface area contributed by atoms with E-state index in [1.165, 1.54) is 56.5 Å². The molecule has 3 aromatic heterocycles. The fourth-order valence-corrected chi connectivity index (χ4v) is 12.4. The summed E-state index contributed by atoms with van der Waals surface area (Å²) in [5, 5.41) is 64.1. The molecule has 0 radical (unpaired) electrons. The lowest BCUT2D eigenvalue weighted by atomic mass is 9.83. The van der Waals surface area contributed by atoms with Crippen molar-refractivity contribution in [1.82, 2.24) is 55.6 Å². The maximum absolute atomic E-state index is 13.9. The molecule has 38 heteroatoms. The number of aliphatic imine (C=N–C) groups is 1. The number of methoxy groups -OCH3 is 2. The summed E-state index contributed by atoms with van der Waals surface area (Å²) in [7, 11) is 2.56. The third kappa shape index (κ3) is 15.0. The number of aromatic amines is 1. The molecular weight excluding hydrogens is 1260 g/mol. The van der Waals surface area contributed by atoms with Gasteiger partial charge in [-0.15, -0.1) is 11.8 Å². The average molecular weight is 1330 g/mol. The van der Waals surface area contributed by atoms with Crippen molar-refractivity contribution in [3.05, 3.63) is 80.7 Å². The van der Waals surface area contributed by atoms with Crippen LogP contribution in [0.2, 0.25) is 0 Å². The largest absolute Gasteiger partial charge is 0.494 e. The monoisotopic (exact) mass is 1330 g/mol. The summed E-state index contributed by atoms with van der Waals surface area (Å²) < 4.78 is 17.5. The number of carboxylic acid groups (broad SMARTS) is 3. The second-order valence-corrected chi connectivity index (χ2v) is 22.9. The number of benzene rings is 1. The van der Waals surface area contributed by atoms with Gasteiger partial charge in [0.05, 0.1) is 54.5 Å². The molecule has 502 valence electrons. The molecule has 2 fully saturated rings. The topological polar surface area (TPSA) is 576 Å². The van der Waals surface area contributed by atoms with Gasteiger partial charge in [0, 0.05) is 73.8 Å². The molecule has 8 atom stereocenters. The van der Waals surface area contributed by atoms with Gasteiger partial charge in [0.25, 0.3) is 11.5 Å². The molecule has 2 saturated heterocycles. The molecule has 4 aliphatic rings. The van der Waals surface area contributed by atoms with Crippen LogP contribution < -0.4 is 55.1 Å². The number of aliphatic carboxylic acids is 3. The summed E-state index contributed by atoms with van der Waals surface area (Å²) in [6.07, 6.45) is -2.35. The number of nitrogens with zero attached hydrogens (tertiary/aromatic N) is 7. The van der Waals surface area contributed by atoms with Crippen LogP contribution in [0.25, 0.3) is 11.2 Å². The highest BCUT2D eigenvalue weighted by Gasteiger charge is 2.77. The lowest BCUT2D eigenvalue weighted by Gasteiger charge is -2.41. The number of nitrogen functional groups attached to an aromatic ring is 1. The number of thioether (sulfide) groups is 1. The van der Waals surface area contributed by atoms with Gasteiger partial charge in [-0.05, 0) is 56.9 Å². The normalized spacial score (nSPS) is 19.0. The first kappa shape index (κ1) is 68.9. The lowest BCUT2D eigenvalue weighted by molar-refractivity contribution is -0.153. The van der Waals surface area contributed by atoms with Crippen LogP contribution in [-0.4, -0.2) is 213 Å². The number of Topliss-reactive ketones (excluding diaryl/α,β-unsaturated/α-hetero) is 2. The van der Waals surface area contributed by atoms with Crippen LogP contribution >= 0.6 is 11.8 Å². The number of primary amides is 1. The highest BCUT2D eigenvalue weighted by Crippen LogP contribution is 2.60. The third-order valence-electron chi connectivity index (χ3n) is 15.9. The van der Waals surface area contributed by atoms with E-state index in [0.717, 1.165) is 10.6 Å². The first-order valence-corrected chi connectivity index (χ1v) is 29.8. The number of anilines is 2. The second kappa shape index (κ2) is 29.1. The summed E-state index contributed by atoms with van der Waals surface area (Å²) in [6.45, 7) is 0.895. The predicted octanol–water partition coefficient (Wildman–Crippen LogP) is -2.99. The molecule has 8 rings (SSSR count). The Balaban J connectivity index is 0.836. The Morgan fingerprint density at radius 1 is 0.862 bits per heavy atom. The number of ether oxygens (including phenoxy) is 3. The van der Waals surface area contributed by atoms with E-state index in [1.807, 2.05) is 0 Å². The average Bonchev–Trinajstić information content (AvgIpc) is 1.49. The number of allylic oxidation sites excluding steroid dienone is 2. The summed E-state index contributed by atoms with van der Waals surface area (Å²) in [5.74, 6) is -13.8.